The Labute approximate surface area is 150 Å². The lowest BCUT2D eigenvalue weighted by atomic mass is 10.0. The maximum atomic E-state index is 5.71. The Morgan fingerprint density at radius 2 is 1.17 bits per heavy atom. The van der Waals surface area contributed by atoms with E-state index >= 15 is 0 Å². The molecule has 0 saturated heterocycles. The van der Waals surface area contributed by atoms with Crippen LogP contribution in [0.4, 0.5) is 0 Å². The summed E-state index contributed by atoms with van der Waals surface area (Å²) < 4.78 is 5.71. The van der Waals surface area contributed by atoms with Crippen molar-refractivity contribution in [3.63, 3.8) is 0 Å². The third-order valence-corrected chi connectivity index (χ3v) is 5.33. The average molecular weight is 341 g/mol. The Morgan fingerprint density at radius 3 is 1.70 bits per heavy atom. The van der Waals surface area contributed by atoms with Crippen molar-refractivity contribution in [1.82, 2.24) is 0 Å². The number of rotatable bonds is 18. The summed E-state index contributed by atoms with van der Waals surface area (Å²) in [5, 5.41) is 0. The molecule has 0 N–H and O–H groups in total. The predicted molar refractivity (Wildman–Crippen MR) is 109 cm³/mol. The zero-order valence-corrected chi connectivity index (χ0v) is 18.5. The molecule has 0 aliphatic heterocycles. The van der Waals surface area contributed by atoms with Crippen LogP contribution in [0.15, 0.2) is 12.2 Å². The van der Waals surface area contributed by atoms with E-state index in [0.717, 1.165) is 10.5 Å². The normalized spacial score (nSPS) is 13.1. The summed E-state index contributed by atoms with van der Waals surface area (Å²) >= 11 is 0. The monoisotopic (exact) mass is 340 g/mol. The molecule has 2 heteroatoms. The third kappa shape index (κ3) is 18.1. The van der Waals surface area contributed by atoms with Crippen molar-refractivity contribution in [2.45, 2.75) is 123 Å². The topological polar surface area (TPSA) is 9.23 Å². The van der Waals surface area contributed by atoms with Gasteiger partial charge in [-0.3, -0.25) is 0 Å². The summed E-state index contributed by atoms with van der Waals surface area (Å²) in [4.78, 5) is 0. The number of unbranched alkanes of at least 4 members (excludes halogenated alkanes) is 13. The zero-order chi connectivity index (χ0) is 17.0. The van der Waals surface area contributed by atoms with Crippen LogP contribution in [0.25, 0.3) is 0 Å². The van der Waals surface area contributed by atoms with Gasteiger partial charge in [-0.25, -0.2) is 0 Å². The van der Waals surface area contributed by atoms with E-state index in [2.05, 4.69) is 26.0 Å². The minimum absolute atomic E-state index is 0.405. The molecule has 0 aromatic heterocycles. The van der Waals surface area contributed by atoms with Crippen molar-refractivity contribution in [2.24, 2.45) is 0 Å². The van der Waals surface area contributed by atoms with Crippen LogP contribution in [0.1, 0.15) is 117 Å². The standard InChI is InChI=1S/C21H44OSi/c1-3-5-7-9-11-12-13-14-16-18-20-21(22-23)19-17-15-10-8-6-4-2/h17,19,21H,3-16,18,20H2,1-2,23H3. The molecule has 0 saturated carbocycles. The number of hydrogen-bond acceptors (Lipinski definition) is 1. The summed E-state index contributed by atoms with van der Waals surface area (Å²) in [6.45, 7) is 4.56. The van der Waals surface area contributed by atoms with Crippen LogP contribution in [-0.2, 0) is 4.43 Å². The fourth-order valence-electron chi connectivity index (χ4n) is 3.06. The highest BCUT2D eigenvalue weighted by Gasteiger charge is 2.01. The summed E-state index contributed by atoms with van der Waals surface area (Å²) in [7, 11) is 0.862. The molecule has 0 heterocycles. The van der Waals surface area contributed by atoms with Gasteiger partial charge in [-0.2, -0.15) is 0 Å². The summed E-state index contributed by atoms with van der Waals surface area (Å²) in [5.41, 5.74) is 0. The van der Waals surface area contributed by atoms with Gasteiger partial charge in [-0.1, -0.05) is 109 Å². The van der Waals surface area contributed by atoms with E-state index in [1.54, 1.807) is 0 Å². The minimum Gasteiger partial charge on any atom is -0.422 e. The van der Waals surface area contributed by atoms with E-state index in [9.17, 15) is 0 Å². The van der Waals surface area contributed by atoms with Gasteiger partial charge in [-0.15, -0.1) is 0 Å². The highest BCUT2D eigenvalue weighted by atomic mass is 28.2. The molecule has 0 fully saturated rings. The molecule has 1 unspecified atom stereocenters. The average Bonchev–Trinajstić information content (AvgIpc) is 2.57. The maximum absolute atomic E-state index is 5.71. The molecule has 1 atom stereocenters. The van der Waals surface area contributed by atoms with Crippen molar-refractivity contribution >= 4 is 10.5 Å². The van der Waals surface area contributed by atoms with Crippen LogP contribution >= 0.6 is 0 Å². The molecule has 0 radical (unpaired) electrons. The van der Waals surface area contributed by atoms with Crippen LogP contribution in [0, 0.1) is 0 Å². The molecule has 0 aromatic rings. The van der Waals surface area contributed by atoms with Gasteiger partial charge in [0.05, 0.1) is 6.10 Å². The minimum atomic E-state index is 0.405. The quantitative estimate of drug-likeness (QED) is 0.157. The van der Waals surface area contributed by atoms with Crippen LogP contribution in [-0.4, -0.2) is 16.6 Å². The smallest absolute Gasteiger partial charge is 0.146 e. The van der Waals surface area contributed by atoms with Crippen molar-refractivity contribution < 1.29 is 4.43 Å². The first-order valence-corrected chi connectivity index (χ1v) is 11.4. The van der Waals surface area contributed by atoms with Crippen molar-refractivity contribution in [1.29, 1.82) is 0 Å². The molecule has 0 aliphatic rings. The third-order valence-electron chi connectivity index (χ3n) is 4.72. The van der Waals surface area contributed by atoms with Gasteiger partial charge < -0.3 is 4.43 Å². The number of allylic oxidation sites excluding steroid dienone is 1. The first kappa shape index (κ1) is 22.9. The fourth-order valence-corrected chi connectivity index (χ4v) is 3.46. The molecule has 0 aromatic carbocycles. The van der Waals surface area contributed by atoms with E-state index < -0.39 is 0 Å². The summed E-state index contributed by atoms with van der Waals surface area (Å²) in [6, 6.07) is 0. The second-order valence-electron chi connectivity index (χ2n) is 7.02. The first-order valence-electron chi connectivity index (χ1n) is 10.5. The van der Waals surface area contributed by atoms with Crippen LogP contribution < -0.4 is 0 Å². The highest BCUT2D eigenvalue weighted by Crippen LogP contribution is 2.13. The van der Waals surface area contributed by atoms with Crippen LogP contribution in [0.2, 0.25) is 0 Å². The maximum Gasteiger partial charge on any atom is 0.146 e. The van der Waals surface area contributed by atoms with Crippen LogP contribution in [0.3, 0.4) is 0 Å². The molecule has 0 bridgehead atoms. The van der Waals surface area contributed by atoms with E-state index in [1.807, 2.05) is 0 Å². The molecule has 0 rings (SSSR count). The SMILES string of the molecule is CCCCCCC=CC(CCCCCCCCCCCC)O[SiH3]. The first-order chi connectivity index (χ1) is 11.3. The Hall–Kier alpha value is -0.0831. The van der Waals surface area contributed by atoms with Gasteiger partial charge in [0.15, 0.2) is 0 Å². The Kier molecular flexibility index (Phi) is 19.9. The fraction of sp³-hybridized carbons (Fsp3) is 0.905. The molecular weight excluding hydrogens is 296 g/mol. The van der Waals surface area contributed by atoms with Gasteiger partial charge in [0.25, 0.3) is 0 Å². The second-order valence-corrected chi connectivity index (χ2v) is 7.49. The molecule has 0 amide bonds. The van der Waals surface area contributed by atoms with Gasteiger partial charge in [0.1, 0.15) is 10.5 Å². The van der Waals surface area contributed by atoms with E-state index in [4.69, 9.17) is 4.43 Å². The Bertz CT molecular complexity index is 240. The van der Waals surface area contributed by atoms with Gasteiger partial charge in [-0.05, 0) is 19.3 Å². The van der Waals surface area contributed by atoms with Gasteiger partial charge in [0, 0.05) is 0 Å². The van der Waals surface area contributed by atoms with E-state index in [1.165, 1.54) is 103 Å². The van der Waals surface area contributed by atoms with Crippen molar-refractivity contribution in [3.8, 4) is 0 Å². The molecule has 1 nitrogen and oxygen atoms in total. The summed E-state index contributed by atoms with van der Waals surface area (Å²) in [5.74, 6) is 0. The molecule has 23 heavy (non-hydrogen) atoms. The molecule has 0 spiro atoms. The predicted octanol–water partition coefficient (Wildman–Crippen LogP) is 6.49. The lowest BCUT2D eigenvalue weighted by Crippen LogP contribution is -2.07. The largest absolute Gasteiger partial charge is 0.422 e. The zero-order valence-electron chi connectivity index (χ0n) is 16.5. The molecular formula is C21H44OSi. The van der Waals surface area contributed by atoms with Gasteiger partial charge in [0.2, 0.25) is 0 Å². The van der Waals surface area contributed by atoms with Crippen molar-refractivity contribution in [3.05, 3.63) is 12.2 Å². The summed E-state index contributed by atoms with van der Waals surface area (Å²) in [6.07, 6.45) is 27.1. The van der Waals surface area contributed by atoms with E-state index in [0.29, 0.717) is 6.10 Å². The second kappa shape index (κ2) is 20.0. The molecule has 0 aliphatic carbocycles. The van der Waals surface area contributed by atoms with Crippen molar-refractivity contribution in [2.75, 3.05) is 0 Å². The lowest BCUT2D eigenvalue weighted by molar-refractivity contribution is 0.255. The van der Waals surface area contributed by atoms with E-state index in [-0.39, 0.29) is 0 Å². The molecule has 138 valence electrons. The highest BCUT2D eigenvalue weighted by molar-refractivity contribution is 5.98. The van der Waals surface area contributed by atoms with Gasteiger partial charge >= 0.3 is 0 Å². The van der Waals surface area contributed by atoms with Crippen LogP contribution in [0.5, 0.6) is 0 Å². The number of hydrogen-bond donors (Lipinski definition) is 0. The lowest BCUT2D eigenvalue weighted by Gasteiger charge is -2.11. The Morgan fingerprint density at radius 1 is 0.696 bits per heavy atom. The Balaban J connectivity index is 3.37.